The van der Waals surface area contributed by atoms with E-state index in [1.165, 1.54) is 5.56 Å². The van der Waals surface area contributed by atoms with Crippen LogP contribution >= 0.6 is 0 Å². The van der Waals surface area contributed by atoms with Gasteiger partial charge in [0.05, 0.1) is 13.2 Å². The lowest BCUT2D eigenvalue weighted by molar-refractivity contribution is 0.109. The van der Waals surface area contributed by atoms with Crippen LogP contribution in [-0.2, 0) is 4.74 Å². The molecule has 14 heavy (non-hydrogen) atoms. The van der Waals surface area contributed by atoms with Gasteiger partial charge in [-0.05, 0) is 5.56 Å². The summed E-state index contributed by atoms with van der Waals surface area (Å²) in [5.41, 5.74) is 1.17. The fraction of sp³-hybridized carbons (Fsp3) is 0.333. The van der Waals surface area contributed by atoms with Gasteiger partial charge in [0, 0.05) is 13.1 Å². The van der Waals surface area contributed by atoms with Crippen molar-refractivity contribution in [2.45, 2.75) is 0 Å². The Kier molecular flexibility index (Phi) is 5.71. The second kappa shape index (κ2) is 7.30. The molecule has 0 atom stereocenters. The predicted octanol–water partition coefficient (Wildman–Crippen LogP) is 1.94. The Morgan fingerprint density at radius 1 is 1.14 bits per heavy atom. The molecule has 76 valence electrons. The molecule has 0 saturated carbocycles. The van der Waals surface area contributed by atoms with E-state index in [9.17, 15) is 0 Å². The molecule has 0 aliphatic carbocycles. The van der Waals surface area contributed by atoms with E-state index in [-0.39, 0.29) is 0 Å². The number of ether oxygens (including phenoxy) is 1. The van der Waals surface area contributed by atoms with Crippen LogP contribution < -0.4 is 5.32 Å². The predicted molar refractivity (Wildman–Crippen MR) is 60.2 cm³/mol. The molecule has 1 saturated heterocycles. The average Bonchev–Trinajstić information content (AvgIpc) is 2.33. The van der Waals surface area contributed by atoms with Crippen LogP contribution in [0.15, 0.2) is 36.9 Å². The highest BCUT2D eigenvalue weighted by Gasteiger charge is 1.92. The van der Waals surface area contributed by atoms with Gasteiger partial charge in [0.25, 0.3) is 0 Å². The van der Waals surface area contributed by atoms with E-state index in [2.05, 4.69) is 11.9 Å². The lowest BCUT2D eigenvalue weighted by Crippen LogP contribution is -2.30. The fourth-order valence-electron chi connectivity index (χ4n) is 1.10. The van der Waals surface area contributed by atoms with Crippen LogP contribution in [0.5, 0.6) is 0 Å². The van der Waals surface area contributed by atoms with Crippen LogP contribution in [0.4, 0.5) is 0 Å². The maximum Gasteiger partial charge on any atom is 0.0591 e. The molecule has 0 aromatic heterocycles. The zero-order valence-corrected chi connectivity index (χ0v) is 8.41. The fourth-order valence-corrected chi connectivity index (χ4v) is 1.10. The summed E-state index contributed by atoms with van der Waals surface area (Å²) in [6.07, 6.45) is 1.83. The zero-order chi connectivity index (χ0) is 10.1. The lowest BCUT2D eigenvalue weighted by atomic mass is 10.2. The van der Waals surface area contributed by atoms with Crippen LogP contribution in [-0.4, -0.2) is 26.3 Å². The van der Waals surface area contributed by atoms with Crippen molar-refractivity contribution in [2.75, 3.05) is 26.3 Å². The Morgan fingerprint density at radius 2 is 1.79 bits per heavy atom. The molecule has 1 fully saturated rings. The molecule has 1 aliphatic heterocycles. The van der Waals surface area contributed by atoms with Crippen molar-refractivity contribution >= 4 is 6.08 Å². The zero-order valence-electron chi connectivity index (χ0n) is 8.41. The van der Waals surface area contributed by atoms with E-state index in [1.54, 1.807) is 0 Å². The molecule has 0 spiro atoms. The van der Waals surface area contributed by atoms with Crippen molar-refractivity contribution in [1.82, 2.24) is 5.32 Å². The first-order chi connectivity index (χ1) is 6.93. The Balaban J connectivity index is 0.000000146. The summed E-state index contributed by atoms with van der Waals surface area (Å²) >= 11 is 0. The van der Waals surface area contributed by atoms with E-state index >= 15 is 0 Å². The number of hydrogen-bond donors (Lipinski definition) is 1. The van der Waals surface area contributed by atoms with E-state index < -0.39 is 0 Å². The van der Waals surface area contributed by atoms with E-state index in [4.69, 9.17) is 4.74 Å². The third-order valence-electron chi connectivity index (χ3n) is 1.88. The van der Waals surface area contributed by atoms with Crippen LogP contribution in [0.25, 0.3) is 6.08 Å². The van der Waals surface area contributed by atoms with Crippen LogP contribution in [0.1, 0.15) is 5.56 Å². The van der Waals surface area contributed by atoms with Crippen LogP contribution in [0.3, 0.4) is 0 Å². The number of benzene rings is 1. The first-order valence-corrected chi connectivity index (χ1v) is 4.89. The summed E-state index contributed by atoms with van der Waals surface area (Å²) in [5.74, 6) is 0. The molecule has 2 rings (SSSR count). The Bertz CT molecular complexity index is 230. The monoisotopic (exact) mass is 191 g/mol. The molecule has 1 aromatic rings. The van der Waals surface area contributed by atoms with E-state index in [1.807, 2.05) is 36.4 Å². The van der Waals surface area contributed by atoms with Gasteiger partial charge in [-0.25, -0.2) is 0 Å². The van der Waals surface area contributed by atoms with Gasteiger partial charge < -0.3 is 10.1 Å². The Labute approximate surface area is 85.6 Å². The molecule has 2 nitrogen and oxygen atoms in total. The van der Waals surface area contributed by atoms with Crippen molar-refractivity contribution in [2.24, 2.45) is 0 Å². The summed E-state index contributed by atoms with van der Waals surface area (Å²) in [6, 6.07) is 10.0. The average molecular weight is 191 g/mol. The molecule has 1 aliphatic rings. The SMILES string of the molecule is C1COCCN1.C=Cc1ccccc1. The summed E-state index contributed by atoms with van der Waals surface area (Å²) in [4.78, 5) is 0. The van der Waals surface area contributed by atoms with Crippen molar-refractivity contribution in [3.63, 3.8) is 0 Å². The van der Waals surface area contributed by atoms with Gasteiger partial charge in [-0.2, -0.15) is 0 Å². The van der Waals surface area contributed by atoms with Gasteiger partial charge in [-0.15, -0.1) is 0 Å². The van der Waals surface area contributed by atoms with Crippen molar-refractivity contribution in [3.05, 3.63) is 42.5 Å². The lowest BCUT2D eigenvalue weighted by Gasteiger charge is -2.10. The summed E-state index contributed by atoms with van der Waals surface area (Å²) in [5, 5.41) is 3.16. The highest BCUT2D eigenvalue weighted by molar-refractivity contribution is 5.45. The number of nitrogens with one attached hydrogen (secondary N) is 1. The standard InChI is InChI=1S/C8H8.C4H9NO/c1-2-8-6-4-3-5-7-8;1-3-6-4-2-5-1/h2-7H,1H2;5H,1-4H2. The highest BCUT2D eigenvalue weighted by Crippen LogP contribution is 1.97. The van der Waals surface area contributed by atoms with Crippen LogP contribution in [0, 0.1) is 0 Å². The minimum Gasteiger partial charge on any atom is -0.379 e. The number of rotatable bonds is 1. The molecule has 0 bridgehead atoms. The van der Waals surface area contributed by atoms with Gasteiger partial charge in [0.15, 0.2) is 0 Å². The third-order valence-corrected chi connectivity index (χ3v) is 1.88. The summed E-state index contributed by atoms with van der Waals surface area (Å²) in [6.45, 7) is 7.46. The normalized spacial score (nSPS) is 15.1. The smallest absolute Gasteiger partial charge is 0.0591 e. The first-order valence-electron chi connectivity index (χ1n) is 4.89. The van der Waals surface area contributed by atoms with Crippen molar-refractivity contribution in [1.29, 1.82) is 0 Å². The first kappa shape index (κ1) is 11.0. The van der Waals surface area contributed by atoms with E-state index in [0.29, 0.717) is 0 Å². The second-order valence-corrected chi connectivity index (χ2v) is 2.98. The Hall–Kier alpha value is -1.12. The molecule has 1 heterocycles. The quantitative estimate of drug-likeness (QED) is 0.732. The molecule has 0 amide bonds. The molecule has 0 unspecified atom stereocenters. The number of hydrogen-bond acceptors (Lipinski definition) is 2. The number of morpholine rings is 1. The van der Waals surface area contributed by atoms with Crippen molar-refractivity contribution < 1.29 is 4.74 Å². The minimum absolute atomic E-state index is 0.889. The van der Waals surface area contributed by atoms with Gasteiger partial charge in [0.2, 0.25) is 0 Å². The molecular weight excluding hydrogens is 174 g/mol. The van der Waals surface area contributed by atoms with Gasteiger partial charge in [-0.3, -0.25) is 0 Å². The molecule has 2 heteroatoms. The largest absolute Gasteiger partial charge is 0.379 e. The van der Waals surface area contributed by atoms with Crippen molar-refractivity contribution in [3.8, 4) is 0 Å². The topological polar surface area (TPSA) is 21.3 Å². The maximum absolute atomic E-state index is 5.01. The molecule has 1 aromatic carbocycles. The molecule has 1 N–H and O–H groups in total. The van der Waals surface area contributed by atoms with Gasteiger partial charge >= 0.3 is 0 Å². The molecular formula is C12H17NO. The highest BCUT2D eigenvalue weighted by atomic mass is 16.5. The summed E-state index contributed by atoms with van der Waals surface area (Å²) < 4.78 is 5.01. The molecule has 0 radical (unpaired) electrons. The summed E-state index contributed by atoms with van der Waals surface area (Å²) in [7, 11) is 0. The van der Waals surface area contributed by atoms with E-state index in [0.717, 1.165) is 26.3 Å². The minimum atomic E-state index is 0.889. The van der Waals surface area contributed by atoms with Gasteiger partial charge in [0.1, 0.15) is 0 Å². The Morgan fingerprint density at radius 3 is 2.07 bits per heavy atom. The third kappa shape index (κ3) is 4.80. The maximum atomic E-state index is 5.01. The van der Waals surface area contributed by atoms with Crippen LogP contribution in [0.2, 0.25) is 0 Å². The second-order valence-electron chi connectivity index (χ2n) is 2.98. The van der Waals surface area contributed by atoms with Gasteiger partial charge in [-0.1, -0.05) is 43.0 Å².